The van der Waals surface area contributed by atoms with Crippen molar-refractivity contribution < 1.29 is 0 Å². The first-order valence-corrected chi connectivity index (χ1v) is 4.64. The van der Waals surface area contributed by atoms with Crippen LogP contribution in [0.15, 0.2) is 25.3 Å². The summed E-state index contributed by atoms with van der Waals surface area (Å²) in [5.74, 6) is 0.827. The summed E-state index contributed by atoms with van der Waals surface area (Å²) < 4.78 is 0. The van der Waals surface area contributed by atoms with Gasteiger partial charge >= 0.3 is 0 Å². The Bertz CT molecular complexity index is 66.9. The van der Waals surface area contributed by atoms with Crippen LogP contribution >= 0.6 is 11.6 Å². The molecule has 0 nitrogen and oxygen atoms in total. The Labute approximate surface area is 76.0 Å². The van der Waals surface area contributed by atoms with E-state index in [4.69, 9.17) is 11.6 Å². The Morgan fingerprint density at radius 3 is 1.82 bits per heavy atom. The highest BCUT2D eigenvalue weighted by Gasteiger charge is 1.76. The van der Waals surface area contributed by atoms with E-state index in [9.17, 15) is 0 Å². The monoisotopic (exact) mass is 174 g/mol. The van der Waals surface area contributed by atoms with Gasteiger partial charge in [-0.05, 0) is 12.8 Å². The average molecular weight is 175 g/mol. The van der Waals surface area contributed by atoms with Crippen molar-refractivity contribution in [2.24, 2.45) is 0 Å². The molecule has 0 aromatic heterocycles. The first-order chi connectivity index (χ1) is 5.33. The normalized spacial score (nSPS) is 7.82. The van der Waals surface area contributed by atoms with Gasteiger partial charge in [0.2, 0.25) is 0 Å². The summed E-state index contributed by atoms with van der Waals surface area (Å²) in [6.07, 6.45) is 8.27. The number of allylic oxidation sites excluding steroid dienone is 2. The van der Waals surface area contributed by atoms with Gasteiger partial charge in [0.05, 0.1) is 0 Å². The minimum absolute atomic E-state index is 0.827. The van der Waals surface area contributed by atoms with E-state index in [1.54, 1.807) is 0 Å². The molecule has 0 aliphatic carbocycles. The third kappa shape index (κ3) is 25.9. The van der Waals surface area contributed by atoms with Crippen LogP contribution in [-0.2, 0) is 0 Å². The van der Waals surface area contributed by atoms with E-state index < -0.39 is 0 Å². The van der Waals surface area contributed by atoms with E-state index in [2.05, 4.69) is 20.1 Å². The van der Waals surface area contributed by atoms with Crippen LogP contribution in [0.25, 0.3) is 0 Å². The molecule has 0 rings (SSSR count). The van der Waals surface area contributed by atoms with Crippen molar-refractivity contribution in [1.82, 2.24) is 0 Å². The van der Waals surface area contributed by atoms with Crippen molar-refractivity contribution >= 4 is 11.6 Å². The molecule has 0 N–H and O–H groups in total. The van der Waals surface area contributed by atoms with Gasteiger partial charge in [0.25, 0.3) is 0 Å². The van der Waals surface area contributed by atoms with Crippen molar-refractivity contribution in [2.45, 2.75) is 32.6 Å². The number of alkyl halides is 1. The summed E-state index contributed by atoms with van der Waals surface area (Å²) in [6, 6.07) is 0. The molecule has 0 saturated carbocycles. The predicted molar refractivity (Wildman–Crippen MR) is 55.3 cm³/mol. The van der Waals surface area contributed by atoms with Crippen molar-refractivity contribution in [3.63, 3.8) is 0 Å². The smallest absolute Gasteiger partial charge is 0.0223 e. The SMILES string of the molecule is C=CCC=C.CCCCCCl. The molecule has 0 atom stereocenters. The molecule has 0 fully saturated rings. The number of halogens is 1. The van der Waals surface area contributed by atoms with Gasteiger partial charge in [-0.1, -0.05) is 31.9 Å². The Hall–Kier alpha value is -0.230. The van der Waals surface area contributed by atoms with Crippen LogP contribution in [0.5, 0.6) is 0 Å². The summed E-state index contributed by atoms with van der Waals surface area (Å²) in [7, 11) is 0. The maximum absolute atomic E-state index is 5.38. The third-order valence-corrected chi connectivity index (χ3v) is 1.34. The van der Waals surface area contributed by atoms with E-state index in [0.717, 1.165) is 12.3 Å². The predicted octanol–water partition coefficient (Wildman–Crippen LogP) is 4.16. The van der Waals surface area contributed by atoms with Crippen LogP contribution in [0.4, 0.5) is 0 Å². The highest BCUT2D eigenvalue weighted by atomic mass is 35.5. The molecule has 11 heavy (non-hydrogen) atoms. The third-order valence-electron chi connectivity index (χ3n) is 1.07. The average Bonchev–Trinajstić information content (AvgIpc) is 2.04. The topological polar surface area (TPSA) is 0 Å². The van der Waals surface area contributed by atoms with Crippen LogP contribution < -0.4 is 0 Å². The zero-order chi connectivity index (χ0) is 8.95. The van der Waals surface area contributed by atoms with Crippen LogP contribution in [0.2, 0.25) is 0 Å². The molecule has 66 valence electrons. The van der Waals surface area contributed by atoms with Crippen molar-refractivity contribution in [3.8, 4) is 0 Å². The van der Waals surface area contributed by atoms with Gasteiger partial charge in [-0.25, -0.2) is 0 Å². The fourth-order valence-corrected chi connectivity index (χ4v) is 0.651. The second kappa shape index (κ2) is 16.4. The summed E-state index contributed by atoms with van der Waals surface area (Å²) in [6.45, 7) is 9.13. The number of rotatable bonds is 5. The molecule has 0 heterocycles. The molecule has 0 aromatic rings. The molecule has 0 amide bonds. The highest BCUT2D eigenvalue weighted by Crippen LogP contribution is 1.93. The van der Waals surface area contributed by atoms with Crippen LogP contribution in [-0.4, -0.2) is 5.88 Å². The molecule has 1 heteroatoms. The molecule has 0 bridgehead atoms. The van der Waals surface area contributed by atoms with Gasteiger partial charge in [-0.2, -0.15) is 0 Å². The molecule has 0 saturated heterocycles. The molecule has 0 aromatic carbocycles. The summed E-state index contributed by atoms with van der Waals surface area (Å²) in [5, 5.41) is 0. The first-order valence-electron chi connectivity index (χ1n) is 4.11. The van der Waals surface area contributed by atoms with Gasteiger partial charge in [0.1, 0.15) is 0 Å². The molecular formula is C10H19Cl. The Kier molecular flexibility index (Phi) is 19.9. The van der Waals surface area contributed by atoms with Gasteiger partial charge in [-0.15, -0.1) is 24.8 Å². The lowest BCUT2D eigenvalue weighted by Gasteiger charge is -1.84. The number of hydrogen-bond acceptors (Lipinski definition) is 0. The minimum atomic E-state index is 0.827. The Balaban J connectivity index is 0. The van der Waals surface area contributed by atoms with E-state index in [-0.39, 0.29) is 0 Å². The van der Waals surface area contributed by atoms with Gasteiger partial charge in [0, 0.05) is 5.88 Å². The summed E-state index contributed by atoms with van der Waals surface area (Å²) in [4.78, 5) is 0. The largest absolute Gasteiger partial charge is 0.127 e. The van der Waals surface area contributed by atoms with Crippen molar-refractivity contribution in [2.75, 3.05) is 5.88 Å². The van der Waals surface area contributed by atoms with Crippen LogP contribution in [0.1, 0.15) is 32.6 Å². The number of unbranched alkanes of at least 4 members (excludes halogenated alkanes) is 2. The fraction of sp³-hybridized carbons (Fsp3) is 0.600. The van der Waals surface area contributed by atoms with Gasteiger partial charge in [-0.3, -0.25) is 0 Å². The summed E-state index contributed by atoms with van der Waals surface area (Å²) >= 11 is 5.38. The Morgan fingerprint density at radius 1 is 1.18 bits per heavy atom. The van der Waals surface area contributed by atoms with Gasteiger partial charge in [0.15, 0.2) is 0 Å². The van der Waals surface area contributed by atoms with Crippen molar-refractivity contribution in [1.29, 1.82) is 0 Å². The minimum Gasteiger partial charge on any atom is -0.127 e. The fourth-order valence-electron chi connectivity index (χ4n) is 0.462. The molecule has 0 spiro atoms. The van der Waals surface area contributed by atoms with E-state index >= 15 is 0 Å². The highest BCUT2D eigenvalue weighted by molar-refractivity contribution is 6.17. The summed E-state index contributed by atoms with van der Waals surface area (Å²) in [5.41, 5.74) is 0. The quantitative estimate of drug-likeness (QED) is 0.334. The van der Waals surface area contributed by atoms with Crippen LogP contribution in [0.3, 0.4) is 0 Å². The lowest BCUT2D eigenvalue weighted by atomic mass is 10.3. The van der Waals surface area contributed by atoms with Crippen LogP contribution in [0, 0.1) is 0 Å². The van der Waals surface area contributed by atoms with E-state index in [1.807, 2.05) is 12.2 Å². The zero-order valence-corrected chi connectivity index (χ0v) is 8.24. The van der Waals surface area contributed by atoms with Gasteiger partial charge < -0.3 is 0 Å². The lowest BCUT2D eigenvalue weighted by molar-refractivity contribution is 0.776. The first kappa shape index (κ1) is 13.4. The van der Waals surface area contributed by atoms with E-state index in [1.165, 1.54) is 19.3 Å². The lowest BCUT2D eigenvalue weighted by Crippen LogP contribution is -1.70. The number of hydrogen-bond donors (Lipinski definition) is 0. The second-order valence-corrected chi connectivity index (χ2v) is 2.59. The molecule has 0 unspecified atom stereocenters. The van der Waals surface area contributed by atoms with Crippen molar-refractivity contribution in [3.05, 3.63) is 25.3 Å². The standard InChI is InChI=1S/C5H11Cl.C5H8/c1-2-3-4-5-6;1-3-5-4-2/h2-5H2,1H3;3-4H,1-2,5H2. The molecule has 0 aliphatic rings. The zero-order valence-electron chi connectivity index (χ0n) is 7.48. The maximum atomic E-state index is 5.38. The molecular weight excluding hydrogens is 156 g/mol. The van der Waals surface area contributed by atoms with E-state index in [0.29, 0.717) is 0 Å². The molecule has 0 radical (unpaired) electrons. The Morgan fingerprint density at radius 2 is 1.73 bits per heavy atom. The second-order valence-electron chi connectivity index (χ2n) is 2.21. The molecule has 0 aliphatic heterocycles. The maximum Gasteiger partial charge on any atom is 0.0223 e.